The lowest BCUT2D eigenvalue weighted by molar-refractivity contribution is -0.153. The first-order chi connectivity index (χ1) is 16.1. The molecule has 2 atom stereocenters. The fourth-order valence-electron chi connectivity index (χ4n) is 5.15. The van der Waals surface area contributed by atoms with E-state index in [9.17, 15) is 27.9 Å². The van der Waals surface area contributed by atoms with Crippen LogP contribution in [0.15, 0.2) is 24.3 Å². The minimum absolute atomic E-state index is 0.0980. The Kier molecular flexibility index (Phi) is 7.09. The van der Waals surface area contributed by atoms with Crippen molar-refractivity contribution in [2.24, 2.45) is 5.41 Å². The summed E-state index contributed by atoms with van der Waals surface area (Å²) in [4.78, 5) is 31.1. The van der Waals surface area contributed by atoms with Gasteiger partial charge in [0.15, 0.2) is 0 Å². The van der Waals surface area contributed by atoms with Gasteiger partial charge in [0.1, 0.15) is 6.04 Å². The molecule has 1 aromatic rings. The molecule has 3 aliphatic rings. The highest BCUT2D eigenvalue weighted by atomic mass is 19.4. The van der Waals surface area contributed by atoms with Crippen molar-refractivity contribution in [1.29, 1.82) is 0 Å². The Morgan fingerprint density at radius 3 is 2.44 bits per heavy atom. The van der Waals surface area contributed by atoms with E-state index < -0.39 is 23.8 Å². The summed E-state index contributed by atoms with van der Waals surface area (Å²) in [6.45, 7) is 3.03. The molecule has 188 valence electrons. The Morgan fingerprint density at radius 2 is 1.85 bits per heavy atom. The lowest BCUT2D eigenvalue weighted by Crippen LogP contribution is -2.50. The number of amides is 1. The van der Waals surface area contributed by atoms with E-state index in [0.29, 0.717) is 38.3 Å². The van der Waals surface area contributed by atoms with Gasteiger partial charge in [0, 0.05) is 44.8 Å². The van der Waals surface area contributed by atoms with E-state index in [4.69, 9.17) is 4.74 Å². The molecule has 0 aromatic heterocycles. The highest BCUT2D eigenvalue weighted by molar-refractivity contribution is 5.85. The van der Waals surface area contributed by atoms with Gasteiger partial charge in [-0.05, 0) is 61.9 Å². The maximum atomic E-state index is 12.9. The summed E-state index contributed by atoms with van der Waals surface area (Å²) in [6.07, 6.45) is -1.11. The number of likely N-dealkylation sites (tertiary alicyclic amines) is 1. The fourth-order valence-corrected chi connectivity index (χ4v) is 5.15. The molecule has 0 unspecified atom stereocenters. The van der Waals surface area contributed by atoms with Crippen LogP contribution < -0.4 is 4.90 Å². The lowest BCUT2D eigenvalue weighted by Gasteiger charge is -2.37. The molecule has 2 heterocycles. The van der Waals surface area contributed by atoms with Gasteiger partial charge in [-0.1, -0.05) is 0 Å². The number of carbonyl (C=O) groups is 2. The number of piperidine rings is 1. The molecule has 1 N–H and O–H groups in total. The maximum absolute atomic E-state index is 12.9. The van der Waals surface area contributed by atoms with E-state index in [-0.39, 0.29) is 30.4 Å². The number of carbonyl (C=O) groups excluding carboxylic acids is 2. The van der Waals surface area contributed by atoms with Gasteiger partial charge in [-0.25, -0.2) is 4.79 Å². The molecule has 1 amide bonds. The molecule has 2 saturated heterocycles. The predicted octanol–water partition coefficient (Wildman–Crippen LogP) is 2.52. The van der Waals surface area contributed by atoms with Crippen molar-refractivity contribution < 1.29 is 32.6 Å². The van der Waals surface area contributed by atoms with E-state index in [1.54, 1.807) is 4.90 Å². The van der Waals surface area contributed by atoms with Crippen LogP contribution >= 0.6 is 0 Å². The van der Waals surface area contributed by atoms with E-state index >= 15 is 0 Å². The smallest absolute Gasteiger partial charge is 0.416 e. The average Bonchev–Trinajstić information content (AvgIpc) is 3.61. The molecule has 34 heavy (non-hydrogen) atoms. The topological polar surface area (TPSA) is 73.3 Å². The number of hydrogen-bond acceptors (Lipinski definition) is 6. The van der Waals surface area contributed by atoms with Gasteiger partial charge in [0.05, 0.1) is 18.8 Å². The monoisotopic (exact) mass is 483 g/mol. The first kappa shape index (κ1) is 24.8. The molecule has 2 aliphatic heterocycles. The SMILES string of the molecule is COC(=O)[C@H](CCN1CCC2(CC2)[C@H](O)C1)N1CCN(c2ccc(C(F)(F)F)cc2)CCC1=O. The van der Waals surface area contributed by atoms with Crippen LogP contribution in [-0.2, 0) is 20.5 Å². The van der Waals surface area contributed by atoms with Crippen molar-refractivity contribution in [1.82, 2.24) is 9.80 Å². The third-order valence-electron chi connectivity index (χ3n) is 7.61. The van der Waals surface area contributed by atoms with E-state index in [2.05, 4.69) is 4.90 Å². The van der Waals surface area contributed by atoms with E-state index in [1.807, 2.05) is 4.90 Å². The molecule has 7 nitrogen and oxygen atoms in total. The molecule has 10 heteroatoms. The summed E-state index contributed by atoms with van der Waals surface area (Å²) in [5.41, 5.74) is -0.0145. The van der Waals surface area contributed by atoms with Crippen LogP contribution in [-0.4, -0.2) is 85.3 Å². The van der Waals surface area contributed by atoms with Crippen molar-refractivity contribution in [3.05, 3.63) is 29.8 Å². The number of halogens is 3. The second-order valence-electron chi connectivity index (χ2n) is 9.63. The van der Waals surface area contributed by atoms with Gasteiger partial charge < -0.3 is 24.5 Å². The molecule has 1 spiro atoms. The lowest BCUT2D eigenvalue weighted by atomic mass is 9.90. The fraction of sp³-hybridized carbons (Fsp3) is 0.667. The zero-order valence-corrected chi connectivity index (χ0v) is 19.4. The average molecular weight is 484 g/mol. The van der Waals surface area contributed by atoms with Gasteiger partial charge >= 0.3 is 12.1 Å². The zero-order valence-electron chi connectivity index (χ0n) is 19.4. The summed E-state index contributed by atoms with van der Waals surface area (Å²) in [7, 11) is 1.30. The van der Waals surface area contributed by atoms with Crippen molar-refractivity contribution in [3.8, 4) is 0 Å². The van der Waals surface area contributed by atoms with Gasteiger partial charge in [-0.15, -0.1) is 0 Å². The Bertz CT molecular complexity index is 888. The third kappa shape index (κ3) is 5.33. The Balaban J connectivity index is 1.39. The summed E-state index contributed by atoms with van der Waals surface area (Å²) in [6, 6.07) is 4.16. The Morgan fingerprint density at radius 1 is 1.15 bits per heavy atom. The number of β-amino-alcohol motifs (C(OH)–C–C–N with tert-alkyl or cyclic N) is 1. The van der Waals surface area contributed by atoms with Gasteiger partial charge in [-0.2, -0.15) is 13.2 Å². The van der Waals surface area contributed by atoms with Crippen LogP contribution in [0.3, 0.4) is 0 Å². The molecule has 0 bridgehead atoms. The standard InChI is InChI=1S/C24H32F3N3O4/c1-34-22(33)19(6-11-28-13-10-23(8-9-23)20(31)16-28)30-15-14-29(12-7-21(30)32)18-4-2-17(3-5-18)24(25,26)27/h2-5,19-20,31H,6-16H2,1H3/t19-,20+/m0/s1. The number of anilines is 1. The van der Waals surface area contributed by atoms with Gasteiger partial charge in [-0.3, -0.25) is 4.79 Å². The van der Waals surface area contributed by atoms with E-state index in [1.165, 1.54) is 19.2 Å². The van der Waals surface area contributed by atoms with Crippen LogP contribution in [0.2, 0.25) is 0 Å². The second kappa shape index (κ2) is 9.73. The first-order valence-corrected chi connectivity index (χ1v) is 11.8. The van der Waals surface area contributed by atoms with Crippen molar-refractivity contribution in [3.63, 3.8) is 0 Å². The number of esters is 1. The first-order valence-electron chi connectivity index (χ1n) is 11.8. The predicted molar refractivity (Wildman–Crippen MR) is 119 cm³/mol. The molecule has 0 radical (unpaired) electrons. The van der Waals surface area contributed by atoms with Gasteiger partial charge in [0.2, 0.25) is 5.91 Å². The summed E-state index contributed by atoms with van der Waals surface area (Å²) < 4.78 is 43.6. The largest absolute Gasteiger partial charge is 0.467 e. The number of hydrogen-bond donors (Lipinski definition) is 1. The van der Waals surface area contributed by atoms with Crippen LogP contribution in [0.4, 0.5) is 18.9 Å². The molecule has 1 aliphatic carbocycles. The maximum Gasteiger partial charge on any atom is 0.416 e. The highest BCUT2D eigenvalue weighted by Crippen LogP contribution is 2.53. The van der Waals surface area contributed by atoms with E-state index in [0.717, 1.165) is 37.9 Å². The number of aliphatic hydroxyl groups is 1. The Labute approximate surface area is 197 Å². The number of methoxy groups -OCH3 is 1. The van der Waals surface area contributed by atoms with Crippen molar-refractivity contribution in [2.75, 3.05) is 51.3 Å². The molecular formula is C24H32F3N3O4. The van der Waals surface area contributed by atoms with Crippen LogP contribution in [0.25, 0.3) is 0 Å². The van der Waals surface area contributed by atoms with Crippen molar-refractivity contribution in [2.45, 2.75) is 50.4 Å². The van der Waals surface area contributed by atoms with Crippen LogP contribution in [0, 0.1) is 5.41 Å². The number of ether oxygens (including phenoxy) is 1. The molecular weight excluding hydrogens is 451 g/mol. The molecule has 4 rings (SSSR count). The number of nitrogens with zero attached hydrogens (tertiary/aromatic N) is 3. The molecule has 1 aromatic carbocycles. The normalized spacial score (nSPS) is 24.1. The summed E-state index contributed by atoms with van der Waals surface area (Å²) in [5, 5.41) is 10.5. The number of benzene rings is 1. The minimum atomic E-state index is -4.40. The van der Waals surface area contributed by atoms with Crippen LogP contribution in [0.5, 0.6) is 0 Å². The van der Waals surface area contributed by atoms with Crippen LogP contribution in [0.1, 0.15) is 37.7 Å². The number of alkyl halides is 3. The highest BCUT2D eigenvalue weighted by Gasteiger charge is 2.51. The summed E-state index contributed by atoms with van der Waals surface area (Å²) in [5.74, 6) is -0.659. The van der Waals surface area contributed by atoms with Crippen molar-refractivity contribution >= 4 is 17.6 Å². The Hall–Kier alpha value is -2.33. The summed E-state index contributed by atoms with van der Waals surface area (Å²) >= 11 is 0. The zero-order chi connectivity index (χ0) is 24.5. The third-order valence-corrected chi connectivity index (χ3v) is 7.61. The molecule has 1 saturated carbocycles. The number of aliphatic hydroxyl groups excluding tert-OH is 1. The van der Waals surface area contributed by atoms with Gasteiger partial charge in [0.25, 0.3) is 0 Å². The second-order valence-corrected chi connectivity index (χ2v) is 9.63. The molecule has 3 fully saturated rings. The quantitative estimate of drug-likeness (QED) is 0.627. The number of rotatable bonds is 6. The minimum Gasteiger partial charge on any atom is -0.467 e.